The zero-order valence-corrected chi connectivity index (χ0v) is 9.25. The Morgan fingerprint density at radius 2 is 1.93 bits per heavy atom. The lowest BCUT2D eigenvalue weighted by Gasteiger charge is -2.06. The van der Waals surface area contributed by atoms with Crippen molar-refractivity contribution in [2.24, 2.45) is 5.73 Å². The monoisotopic (exact) mass is 230 g/mol. The fourth-order valence-electron chi connectivity index (χ4n) is 1.01. The van der Waals surface area contributed by atoms with Crippen LogP contribution in [0.1, 0.15) is 0 Å². The van der Waals surface area contributed by atoms with Crippen molar-refractivity contribution < 1.29 is 13.2 Å². The van der Waals surface area contributed by atoms with Gasteiger partial charge in [0.2, 0.25) is 10.0 Å². The predicted molar refractivity (Wildman–Crippen MR) is 59.5 cm³/mol. The third-order valence-electron chi connectivity index (χ3n) is 1.54. The number of hydrogen-bond donors (Lipinski definition) is 2. The first-order chi connectivity index (χ1) is 7.01. The lowest BCUT2D eigenvalue weighted by atomic mass is 10.3. The van der Waals surface area contributed by atoms with Crippen molar-refractivity contribution in [3.63, 3.8) is 0 Å². The van der Waals surface area contributed by atoms with E-state index >= 15 is 0 Å². The van der Waals surface area contributed by atoms with Crippen LogP contribution >= 0.6 is 0 Å². The molecule has 1 rings (SSSR count). The Morgan fingerprint density at radius 3 is 2.40 bits per heavy atom. The first-order valence-electron chi connectivity index (χ1n) is 4.42. The van der Waals surface area contributed by atoms with Gasteiger partial charge in [-0.05, 0) is 24.3 Å². The van der Waals surface area contributed by atoms with E-state index in [1.807, 2.05) is 0 Å². The molecule has 6 heteroatoms. The predicted octanol–water partition coefficient (Wildman–Crippen LogP) is 0.396. The van der Waals surface area contributed by atoms with Gasteiger partial charge in [0, 0.05) is 12.2 Å². The smallest absolute Gasteiger partial charge is 0.229 e. The zero-order valence-electron chi connectivity index (χ0n) is 8.43. The Bertz CT molecular complexity index is 400. The average molecular weight is 230 g/mol. The number of anilines is 1. The van der Waals surface area contributed by atoms with E-state index < -0.39 is 10.0 Å². The van der Waals surface area contributed by atoms with Gasteiger partial charge in [-0.15, -0.1) is 0 Å². The third kappa shape index (κ3) is 4.66. The number of rotatable bonds is 5. The van der Waals surface area contributed by atoms with Crippen molar-refractivity contribution in [1.29, 1.82) is 0 Å². The number of nitrogens with two attached hydrogens (primary N) is 1. The van der Waals surface area contributed by atoms with Crippen molar-refractivity contribution in [2.45, 2.75) is 0 Å². The van der Waals surface area contributed by atoms with Gasteiger partial charge in [0.1, 0.15) is 12.4 Å². The fourth-order valence-corrected chi connectivity index (χ4v) is 1.57. The first kappa shape index (κ1) is 11.8. The minimum absolute atomic E-state index is 0.443. The second-order valence-electron chi connectivity index (χ2n) is 3.04. The molecule has 0 spiro atoms. The molecule has 5 nitrogen and oxygen atoms in total. The van der Waals surface area contributed by atoms with Crippen LogP contribution in [0.4, 0.5) is 5.69 Å². The lowest BCUT2D eigenvalue weighted by Crippen LogP contribution is -2.11. The molecule has 0 bridgehead atoms. The molecule has 0 unspecified atom stereocenters. The largest absolute Gasteiger partial charge is 0.492 e. The summed E-state index contributed by atoms with van der Waals surface area (Å²) >= 11 is 0. The second-order valence-corrected chi connectivity index (χ2v) is 4.78. The average Bonchev–Trinajstić information content (AvgIpc) is 2.14. The molecule has 0 saturated heterocycles. The summed E-state index contributed by atoms with van der Waals surface area (Å²) in [7, 11) is -3.22. The Morgan fingerprint density at radius 1 is 1.33 bits per heavy atom. The maximum Gasteiger partial charge on any atom is 0.229 e. The molecule has 0 aliphatic carbocycles. The molecule has 0 aliphatic rings. The highest BCUT2D eigenvalue weighted by molar-refractivity contribution is 7.92. The van der Waals surface area contributed by atoms with Crippen LogP contribution in [0.5, 0.6) is 5.75 Å². The van der Waals surface area contributed by atoms with Gasteiger partial charge in [0.05, 0.1) is 6.26 Å². The SMILES string of the molecule is CS(=O)(=O)Nc1ccc(OCCN)cc1. The summed E-state index contributed by atoms with van der Waals surface area (Å²) in [5.41, 5.74) is 5.78. The molecule has 0 radical (unpaired) electrons. The van der Waals surface area contributed by atoms with E-state index in [9.17, 15) is 8.42 Å². The number of nitrogens with one attached hydrogen (secondary N) is 1. The highest BCUT2D eigenvalue weighted by atomic mass is 32.2. The molecule has 0 amide bonds. The van der Waals surface area contributed by atoms with E-state index in [4.69, 9.17) is 10.5 Å². The molecule has 1 aromatic carbocycles. The normalized spacial score (nSPS) is 11.1. The van der Waals surface area contributed by atoms with E-state index in [1.165, 1.54) is 0 Å². The molecule has 1 aromatic rings. The Balaban J connectivity index is 2.64. The van der Waals surface area contributed by atoms with E-state index in [1.54, 1.807) is 24.3 Å². The maximum atomic E-state index is 10.9. The van der Waals surface area contributed by atoms with Crippen LogP contribution in [0.15, 0.2) is 24.3 Å². The van der Waals surface area contributed by atoms with Crippen molar-refractivity contribution >= 4 is 15.7 Å². The van der Waals surface area contributed by atoms with Gasteiger partial charge in [-0.3, -0.25) is 4.72 Å². The fraction of sp³-hybridized carbons (Fsp3) is 0.333. The second kappa shape index (κ2) is 4.99. The van der Waals surface area contributed by atoms with Crippen LogP contribution in [0.25, 0.3) is 0 Å². The van der Waals surface area contributed by atoms with Crippen molar-refractivity contribution in [3.8, 4) is 5.75 Å². The van der Waals surface area contributed by atoms with Crippen LogP contribution in [0.2, 0.25) is 0 Å². The molecule has 0 aromatic heterocycles. The van der Waals surface area contributed by atoms with Crippen LogP contribution in [-0.4, -0.2) is 27.8 Å². The highest BCUT2D eigenvalue weighted by Gasteiger charge is 2.01. The molecule has 0 aliphatic heterocycles. The van der Waals surface area contributed by atoms with E-state index in [0.717, 1.165) is 6.26 Å². The summed E-state index contributed by atoms with van der Waals surface area (Å²) in [5, 5.41) is 0. The molecule has 15 heavy (non-hydrogen) atoms. The summed E-state index contributed by atoms with van der Waals surface area (Å²) in [5.74, 6) is 0.666. The van der Waals surface area contributed by atoms with Gasteiger partial charge in [-0.1, -0.05) is 0 Å². The molecular formula is C9H14N2O3S. The molecule has 0 saturated carbocycles. The Labute approximate surface area is 89.3 Å². The van der Waals surface area contributed by atoms with Crippen LogP contribution in [0, 0.1) is 0 Å². The number of benzene rings is 1. The van der Waals surface area contributed by atoms with Gasteiger partial charge >= 0.3 is 0 Å². The van der Waals surface area contributed by atoms with Crippen molar-refractivity contribution in [1.82, 2.24) is 0 Å². The highest BCUT2D eigenvalue weighted by Crippen LogP contribution is 2.16. The van der Waals surface area contributed by atoms with Gasteiger partial charge in [-0.2, -0.15) is 0 Å². The zero-order chi connectivity index (χ0) is 11.3. The quantitative estimate of drug-likeness (QED) is 0.767. The number of sulfonamides is 1. The Kier molecular flexibility index (Phi) is 3.93. The van der Waals surface area contributed by atoms with Crippen molar-refractivity contribution in [3.05, 3.63) is 24.3 Å². The summed E-state index contributed by atoms with van der Waals surface area (Å²) < 4.78 is 29.4. The minimum Gasteiger partial charge on any atom is -0.492 e. The van der Waals surface area contributed by atoms with Crippen LogP contribution in [-0.2, 0) is 10.0 Å². The summed E-state index contributed by atoms with van der Waals surface area (Å²) in [6.07, 6.45) is 1.10. The van der Waals surface area contributed by atoms with Gasteiger partial charge in [-0.25, -0.2) is 8.42 Å². The van der Waals surface area contributed by atoms with Gasteiger partial charge in [0.25, 0.3) is 0 Å². The molecule has 0 heterocycles. The molecule has 3 N–H and O–H groups in total. The summed E-state index contributed by atoms with van der Waals surface area (Å²) in [6, 6.07) is 6.63. The van der Waals surface area contributed by atoms with Gasteiger partial charge in [0.15, 0.2) is 0 Å². The number of ether oxygens (including phenoxy) is 1. The van der Waals surface area contributed by atoms with Crippen LogP contribution < -0.4 is 15.2 Å². The molecule has 84 valence electrons. The number of hydrogen-bond acceptors (Lipinski definition) is 4. The standard InChI is InChI=1S/C9H14N2O3S/c1-15(12,13)11-8-2-4-9(5-3-8)14-7-6-10/h2-5,11H,6-7,10H2,1H3. The van der Waals surface area contributed by atoms with Crippen molar-refractivity contribution in [2.75, 3.05) is 24.1 Å². The van der Waals surface area contributed by atoms with Crippen LogP contribution in [0.3, 0.4) is 0 Å². The Hall–Kier alpha value is -1.27. The topological polar surface area (TPSA) is 81.4 Å². The first-order valence-corrected chi connectivity index (χ1v) is 6.31. The maximum absolute atomic E-state index is 10.9. The molecule has 0 atom stereocenters. The van der Waals surface area contributed by atoms with E-state index in [0.29, 0.717) is 24.6 Å². The third-order valence-corrected chi connectivity index (χ3v) is 2.15. The molecule has 0 fully saturated rings. The molecular weight excluding hydrogens is 216 g/mol. The minimum atomic E-state index is -3.22. The van der Waals surface area contributed by atoms with E-state index in [2.05, 4.69) is 4.72 Å². The van der Waals surface area contributed by atoms with E-state index in [-0.39, 0.29) is 0 Å². The van der Waals surface area contributed by atoms with Gasteiger partial charge < -0.3 is 10.5 Å². The lowest BCUT2D eigenvalue weighted by molar-refractivity contribution is 0.328. The summed E-state index contributed by atoms with van der Waals surface area (Å²) in [6.45, 7) is 0.891. The summed E-state index contributed by atoms with van der Waals surface area (Å²) in [4.78, 5) is 0.